The molecule has 1 heterocycles. The van der Waals surface area contributed by atoms with Crippen molar-refractivity contribution >= 4 is 22.3 Å². The van der Waals surface area contributed by atoms with Crippen molar-refractivity contribution < 1.29 is 9.66 Å². The van der Waals surface area contributed by atoms with Crippen molar-refractivity contribution in [2.45, 2.75) is 6.92 Å². The molecule has 22 heavy (non-hydrogen) atoms. The first-order valence-electron chi connectivity index (χ1n) is 6.49. The Hall–Kier alpha value is -3.22. The summed E-state index contributed by atoms with van der Waals surface area (Å²) in [4.78, 5) is 17.9. The van der Waals surface area contributed by atoms with E-state index in [-0.39, 0.29) is 11.7 Å². The molecule has 2 N–H and O–H groups in total. The van der Waals surface area contributed by atoms with Crippen molar-refractivity contribution in [1.29, 1.82) is 0 Å². The Morgan fingerprint density at radius 3 is 2.59 bits per heavy atom. The second-order valence-electron chi connectivity index (χ2n) is 4.70. The smallest absolute Gasteiger partial charge is 0.372 e. The number of nitro groups is 1. The van der Waals surface area contributed by atoms with Crippen molar-refractivity contribution in [1.82, 2.24) is 9.97 Å². The lowest BCUT2D eigenvalue weighted by Crippen LogP contribution is -2.02. The van der Waals surface area contributed by atoms with E-state index in [1.807, 2.05) is 37.3 Å². The van der Waals surface area contributed by atoms with Crippen LogP contribution in [0.1, 0.15) is 5.56 Å². The first-order chi connectivity index (χ1) is 10.6. The summed E-state index contributed by atoms with van der Waals surface area (Å²) in [6, 6.07) is 11.3. The average Bonchev–Trinajstić information content (AvgIpc) is 2.50. The number of hydrogen-bond donors (Lipinski definition) is 1. The Morgan fingerprint density at radius 1 is 1.14 bits per heavy atom. The number of benzene rings is 2. The Kier molecular flexibility index (Phi) is 3.30. The van der Waals surface area contributed by atoms with Crippen LogP contribution in [-0.4, -0.2) is 14.9 Å². The van der Waals surface area contributed by atoms with Crippen LogP contribution in [0.4, 0.5) is 11.5 Å². The molecule has 0 saturated carbocycles. The average molecular weight is 296 g/mol. The Morgan fingerprint density at radius 2 is 1.86 bits per heavy atom. The fraction of sp³-hybridized carbons (Fsp3) is 0.0667. The predicted octanol–water partition coefficient (Wildman–Crippen LogP) is 3.22. The van der Waals surface area contributed by atoms with E-state index in [1.165, 1.54) is 0 Å². The number of hydrogen-bond acceptors (Lipinski definition) is 6. The van der Waals surface area contributed by atoms with Gasteiger partial charge in [0, 0.05) is 5.39 Å². The summed E-state index contributed by atoms with van der Waals surface area (Å²) >= 11 is 0. The van der Waals surface area contributed by atoms with Crippen LogP contribution in [0.2, 0.25) is 0 Å². The highest BCUT2D eigenvalue weighted by Crippen LogP contribution is 2.36. The molecule has 0 atom stereocenters. The van der Waals surface area contributed by atoms with Gasteiger partial charge in [-0.15, -0.1) is 0 Å². The van der Waals surface area contributed by atoms with Crippen LogP contribution in [0.15, 0.2) is 42.7 Å². The topological polar surface area (TPSA) is 104 Å². The lowest BCUT2D eigenvalue weighted by atomic mass is 10.1. The highest BCUT2D eigenvalue weighted by Gasteiger charge is 2.23. The molecule has 110 valence electrons. The number of ether oxygens (including phenoxy) is 1. The Labute approximate surface area is 125 Å². The van der Waals surface area contributed by atoms with Gasteiger partial charge in [0.2, 0.25) is 5.82 Å². The zero-order chi connectivity index (χ0) is 15.7. The third kappa shape index (κ3) is 2.28. The number of nitrogens with two attached hydrogens (primary N) is 1. The highest BCUT2D eigenvalue weighted by molar-refractivity contribution is 5.91. The van der Waals surface area contributed by atoms with Gasteiger partial charge in [-0.05, 0) is 23.9 Å². The van der Waals surface area contributed by atoms with Crippen molar-refractivity contribution in [3.05, 3.63) is 58.4 Å². The first-order valence-corrected chi connectivity index (χ1v) is 6.49. The zero-order valence-corrected chi connectivity index (χ0v) is 11.7. The van der Waals surface area contributed by atoms with E-state index in [9.17, 15) is 10.1 Å². The van der Waals surface area contributed by atoms with Crippen LogP contribution in [0, 0.1) is 17.0 Å². The molecule has 2 aromatic carbocycles. The van der Waals surface area contributed by atoms with E-state index in [0.29, 0.717) is 5.75 Å². The number of aryl methyl sites for hydroxylation is 1. The maximum absolute atomic E-state index is 11.1. The van der Waals surface area contributed by atoms with Crippen molar-refractivity contribution in [2.24, 2.45) is 0 Å². The number of nitrogens with zero attached hydrogens (tertiary/aromatic N) is 3. The van der Waals surface area contributed by atoms with Gasteiger partial charge < -0.3 is 10.5 Å². The molecule has 0 saturated heterocycles. The third-order valence-corrected chi connectivity index (χ3v) is 3.31. The molecule has 7 nitrogen and oxygen atoms in total. The van der Waals surface area contributed by atoms with Gasteiger partial charge in [0.1, 0.15) is 12.1 Å². The summed E-state index contributed by atoms with van der Waals surface area (Å²) in [5.74, 6) is 0.0697. The summed E-state index contributed by atoms with van der Waals surface area (Å²) in [5, 5.41) is 13.0. The predicted molar refractivity (Wildman–Crippen MR) is 81.9 cm³/mol. The largest absolute Gasteiger partial charge is 0.433 e. The third-order valence-electron chi connectivity index (χ3n) is 3.31. The van der Waals surface area contributed by atoms with Gasteiger partial charge in [-0.3, -0.25) is 10.1 Å². The fourth-order valence-corrected chi connectivity index (χ4v) is 2.24. The lowest BCUT2D eigenvalue weighted by molar-refractivity contribution is -0.385. The van der Waals surface area contributed by atoms with Gasteiger partial charge in [0.25, 0.3) is 0 Å². The number of nitrogen functional groups attached to an aromatic ring is 1. The summed E-state index contributed by atoms with van der Waals surface area (Å²) < 4.78 is 5.65. The molecule has 0 spiro atoms. The molecule has 0 amide bonds. The van der Waals surface area contributed by atoms with Gasteiger partial charge in [-0.2, -0.15) is 4.98 Å². The van der Waals surface area contributed by atoms with Gasteiger partial charge in [0.15, 0.2) is 0 Å². The SMILES string of the molecule is Cc1ccc(Oc2ncnc(N)c2[N+](=O)[O-])c2ccccc12. The minimum absolute atomic E-state index is 0.175. The van der Waals surface area contributed by atoms with Crippen LogP contribution >= 0.6 is 0 Å². The summed E-state index contributed by atoms with van der Waals surface area (Å²) in [6.45, 7) is 1.98. The van der Waals surface area contributed by atoms with E-state index >= 15 is 0 Å². The second kappa shape index (κ2) is 5.28. The standard InChI is InChI=1S/C15H12N4O3/c1-9-6-7-12(11-5-3-2-4-10(9)11)22-15-13(19(20)21)14(16)17-8-18-15/h2-8H,1H3,(H2,16,17,18). The van der Waals surface area contributed by atoms with Crippen LogP contribution in [0.25, 0.3) is 10.8 Å². The lowest BCUT2D eigenvalue weighted by Gasteiger charge is -2.10. The second-order valence-corrected chi connectivity index (χ2v) is 4.70. The molecule has 3 rings (SSSR count). The summed E-state index contributed by atoms with van der Waals surface area (Å²) in [7, 11) is 0. The minimum Gasteiger partial charge on any atom is -0.433 e. The van der Waals surface area contributed by atoms with Gasteiger partial charge in [-0.1, -0.05) is 30.3 Å². The summed E-state index contributed by atoms with van der Waals surface area (Å²) in [5.41, 5.74) is 6.19. The zero-order valence-electron chi connectivity index (χ0n) is 11.7. The van der Waals surface area contributed by atoms with E-state index in [2.05, 4.69) is 9.97 Å². The first kappa shape index (κ1) is 13.7. The van der Waals surface area contributed by atoms with Gasteiger partial charge in [-0.25, -0.2) is 4.98 Å². The van der Waals surface area contributed by atoms with E-state index in [1.54, 1.807) is 6.07 Å². The molecule has 0 aliphatic carbocycles. The van der Waals surface area contributed by atoms with Crippen LogP contribution < -0.4 is 10.5 Å². The number of anilines is 1. The van der Waals surface area contributed by atoms with Gasteiger partial charge >= 0.3 is 11.6 Å². The molecular weight excluding hydrogens is 284 g/mol. The van der Waals surface area contributed by atoms with E-state index in [4.69, 9.17) is 10.5 Å². The molecule has 0 bridgehead atoms. The molecule has 1 aromatic heterocycles. The molecule has 3 aromatic rings. The van der Waals surface area contributed by atoms with E-state index in [0.717, 1.165) is 22.7 Å². The quantitative estimate of drug-likeness (QED) is 0.587. The van der Waals surface area contributed by atoms with Crippen LogP contribution in [0.5, 0.6) is 11.6 Å². The number of aromatic nitrogens is 2. The Balaban J connectivity index is 2.14. The van der Waals surface area contributed by atoms with Crippen molar-refractivity contribution in [3.8, 4) is 11.6 Å². The molecular formula is C15H12N4O3. The molecule has 0 fully saturated rings. The molecule has 0 radical (unpaired) electrons. The van der Waals surface area contributed by atoms with Crippen LogP contribution in [-0.2, 0) is 0 Å². The van der Waals surface area contributed by atoms with Crippen molar-refractivity contribution in [3.63, 3.8) is 0 Å². The Bertz CT molecular complexity index is 880. The molecule has 0 aliphatic heterocycles. The molecule has 0 aliphatic rings. The minimum atomic E-state index is -0.652. The van der Waals surface area contributed by atoms with E-state index < -0.39 is 10.6 Å². The number of rotatable bonds is 3. The maximum Gasteiger partial charge on any atom is 0.372 e. The monoisotopic (exact) mass is 296 g/mol. The molecule has 7 heteroatoms. The normalized spacial score (nSPS) is 10.6. The summed E-state index contributed by atoms with van der Waals surface area (Å²) in [6.07, 6.45) is 1.13. The number of fused-ring (bicyclic) bond motifs is 1. The van der Waals surface area contributed by atoms with Crippen molar-refractivity contribution in [2.75, 3.05) is 5.73 Å². The fourth-order valence-electron chi connectivity index (χ4n) is 2.24. The molecule has 0 unspecified atom stereocenters. The van der Waals surface area contributed by atoms with Gasteiger partial charge in [0.05, 0.1) is 4.92 Å². The van der Waals surface area contributed by atoms with Crippen LogP contribution in [0.3, 0.4) is 0 Å². The highest BCUT2D eigenvalue weighted by atomic mass is 16.6. The maximum atomic E-state index is 11.1.